The molecule has 33 heavy (non-hydrogen) atoms. The van der Waals surface area contributed by atoms with Gasteiger partial charge in [-0.2, -0.15) is 0 Å². The summed E-state index contributed by atoms with van der Waals surface area (Å²) in [4.78, 5) is 28.1. The summed E-state index contributed by atoms with van der Waals surface area (Å²) in [5, 5.41) is 11.6. The van der Waals surface area contributed by atoms with Crippen molar-refractivity contribution >= 4 is 23.0 Å². The molecule has 0 spiro atoms. The van der Waals surface area contributed by atoms with Crippen LogP contribution in [0.15, 0.2) is 18.2 Å². The van der Waals surface area contributed by atoms with Crippen LogP contribution in [0, 0.1) is 39.2 Å². The van der Waals surface area contributed by atoms with Gasteiger partial charge in [0.1, 0.15) is 11.4 Å². The molecule has 0 atom stereocenters. The number of hydrogen-bond donors (Lipinski definition) is 0. The van der Waals surface area contributed by atoms with Crippen molar-refractivity contribution in [1.82, 2.24) is 4.90 Å². The van der Waals surface area contributed by atoms with Crippen LogP contribution in [0.1, 0.15) is 23.2 Å². The zero-order valence-electron chi connectivity index (χ0n) is 17.3. The number of nitrogens with zero attached hydrogens (tertiary/aromatic N) is 4. The lowest BCUT2D eigenvalue weighted by atomic mass is 10.1. The average molecular weight is 470 g/mol. The number of hydrogen-bond acceptors (Lipinski definition) is 5. The molecule has 1 amide bonds. The molecule has 12 heteroatoms. The molecule has 2 aliphatic heterocycles. The number of anilines is 2. The maximum absolute atomic E-state index is 14.1. The van der Waals surface area contributed by atoms with Gasteiger partial charge in [-0.15, -0.1) is 0 Å². The van der Waals surface area contributed by atoms with Crippen molar-refractivity contribution in [3.63, 3.8) is 0 Å². The summed E-state index contributed by atoms with van der Waals surface area (Å²) in [7, 11) is 0. The maximum Gasteiger partial charge on any atom is 0.293 e. The summed E-state index contributed by atoms with van der Waals surface area (Å²) in [5.74, 6) is -10.7. The van der Waals surface area contributed by atoms with Gasteiger partial charge in [0, 0.05) is 50.9 Å². The highest BCUT2D eigenvalue weighted by atomic mass is 19.2. The van der Waals surface area contributed by atoms with E-state index in [1.807, 2.05) is 4.90 Å². The SMILES string of the molecule is O=C(c1ccc(N2CCCC2)c([N+](=O)[O-])c1)N1CCN(c2c(F)c(F)c(F)c(F)c2F)CC1. The Morgan fingerprint density at radius 2 is 1.33 bits per heavy atom. The molecule has 2 heterocycles. The highest BCUT2D eigenvalue weighted by molar-refractivity contribution is 5.96. The monoisotopic (exact) mass is 470 g/mol. The van der Waals surface area contributed by atoms with Crippen LogP contribution < -0.4 is 9.80 Å². The molecule has 2 aliphatic rings. The first-order valence-corrected chi connectivity index (χ1v) is 10.3. The normalized spacial score (nSPS) is 16.5. The van der Waals surface area contributed by atoms with Crippen molar-refractivity contribution < 1.29 is 31.7 Å². The number of nitro benzene ring substituents is 1. The van der Waals surface area contributed by atoms with E-state index in [1.54, 1.807) is 0 Å². The molecule has 0 bridgehead atoms. The van der Waals surface area contributed by atoms with Crippen LogP contribution in [-0.2, 0) is 0 Å². The van der Waals surface area contributed by atoms with Crippen molar-refractivity contribution in [1.29, 1.82) is 0 Å². The first-order chi connectivity index (χ1) is 15.7. The van der Waals surface area contributed by atoms with Crippen LogP contribution in [-0.4, -0.2) is 55.0 Å². The van der Waals surface area contributed by atoms with E-state index < -0.39 is 45.6 Å². The van der Waals surface area contributed by atoms with Crippen molar-refractivity contribution in [2.24, 2.45) is 0 Å². The maximum atomic E-state index is 14.1. The molecule has 0 saturated carbocycles. The van der Waals surface area contributed by atoms with Crippen LogP contribution in [0.2, 0.25) is 0 Å². The molecule has 176 valence electrons. The first kappa shape index (κ1) is 22.7. The number of nitro groups is 1. The average Bonchev–Trinajstić information content (AvgIpc) is 3.36. The summed E-state index contributed by atoms with van der Waals surface area (Å²) in [6.07, 6.45) is 1.84. The number of rotatable bonds is 4. The number of benzene rings is 2. The third kappa shape index (κ3) is 4.05. The van der Waals surface area contributed by atoms with Gasteiger partial charge in [-0.1, -0.05) is 0 Å². The van der Waals surface area contributed by atoms with Crippen LogP contribution >= 0.6 is 0 Å². The quantitative estimate of drug-likeness (QED) is 0.223. The predicted molar refractivity (Wildman–Crippen MR) is 109 cm³/mol. The number of amides is 1. The predicted octanol–water partition coefficient (Wildman–Crippen LogP) is 3.85. The molecule has 2 fully saturated rings. The fraction of sp³-hybridized carbons (Fsp3) is 0.381. The van der Waals surface area contributed by atoms with Crippen molar-refractivity contribution in [3.8, 4) is 0 Å². The number of carbonyl (C=O) groups excluding carboxylic acids is 1. The lowest BCUT2D eigenvalue weighted by molar-refractivity contribution is -0.384. The van der Waals surface area contributed by atoms with Gasteiger partial charge < -0.3 is 14.7 Å². The molecule has 0 N–H and O–H groups in total. The molecule has 4 rings (SSSR count). The van der Waals surface area contributed by atoms with Gasteiger partial charge in [-0.25, -0.2) is 22.0 Å². The molecule has 0 aliphatic carbocycles. The van der Waals surface area contributed by atoms with Gasteiger partial charge >= 0.3 is 0 Å². The first-order valence-electron chi connectivity index (χ1n) is 10.3. The van der Waals surface area contributed by atoms with Crippen LogP contribution in [0.5, 0.6) is 0 Å². The fourth-order valence-electron chi connectivity index (χ4n) is 4.21. The molecule has 2 aromatic carbocycles. The van der Waals surface area contributed by atoms with E-state index in [0.717, 1.165) is 17.7 Å². The fourth-order valence-corrected chi connectivity index (χ4v) is 4.21. The van der Waals surface area contributed by atoms with Gasteiger partial charge in [0.25, 0.3) is 11.6 Å². The Balaban J connectivity index is 1.51. The molecule has 0 radical (unpaired) electrons. The van der Waals surface area contributed by atoms with E-state index in [0.29, 0.717) is 18.8 Å². The molecule has 2 saturated heterocycles. The molecule has 0 unspecified atom stereocenters. The van der Waals surface area contributed by atoms with E-state index in [1.165, 1.54) is 23.1 Å². The van der Waals surface area contributed by atoms with Crippen LogP contribution in [0.4, 0.5) is 39.0 Å². The van der Waals surface area contributed by atoms with E-state index in [-0.39, 0.29) is 37.4 Å². The second kappa shape index (κ2) is 8.83. The Labute approximate surface area is 185 Å². The topological polar surface area (TPSA) is 69.9 Å². The molecular weight excluding hydrogens is 451 g/mol. The lowest BCUT2D eigenvalue weighted by Gasteiger charge is -2.36. The van der Waals surface area contributed by atoms with Gasteiger partial charge in [0.2, 0.25) is 5.82 Å². The Morgan fingerprint density at radius 3 is 1.88 bits per heavy atom. The van der Waals surface area contributed by atoms with Gasteiger partial charge in [-0.3, -0.25) is 14.9 Å². The summed E-state index contributed by atoms with van der Waals surface area (Å²) >= 11 is 0. The minimum atomic E-state index is -2.23. The second-order valence-corrected chi connectivity index (χ2v) is 7.85. The summed E-state index contributed by atoms with van der Waals surface area (Å²) < 4.78 is 68.5. The van der Waals surface area contributed by atoms with Crippen molar-refractivity contribution in [2.45, 2.75) is 12.8 Å². The van der Waals surface area contributed by atoms with E-state index in [9.17, 15) is 36.9 Å². The molecule has 0 aromatic heterocycles. The minimum absolute atomic E-state index is 0.0694. The second-order valence-electron chi connectivity index (χ2n) is 7.85. The van der Waals surface area contributed by atoms with Gasteiger partial charge in [0.05, 0.1) is 4.92 Å². The number of carbonyl (C=O) groups is 1. The highest BCUT2D eigenvalue weighted by Gasteiger charge is 2.32. The Hall–Kier alpha value is -3.44. The minimum Gasteiger partial charge on any atom is -0.366 e. The van der Waals surface area contributed by atoms with E-state index in [4.69, 9.17) is 0 Å². The number of piperazine rings is 1. The number of halogens is 5. The zero-order chi connectivity index (χ0) is 23.9. The standard InChI is InChI=1S/C21H19F5N4O3/c22-15-16(23)18(25)20(19(26)17(15)24)28-7-9-29(10-8-28)21(31)12-3-4-13(14(11-12)30(32)33)27-5-1-2-6-27/h3-4,11H,1-2,5-10H2. The Morgan fingerprint density at radius 1 is 0.788 bits per heavy atom. The zero-order valence-corrected chi connectivity index (χ0v) is 17.3. The third-order valence-corrected chi connectivity index (χ3v) is 5.94. The highest BCUT2D eigenvalue weighted by Crippen LogP contribution is 2.33. The van der Waals surface area contributed by atoms with E-state index in [2.05, 4.69) is 0 Å². The summed E-state index contributed by atoms with van der Waals surface area (Å²) in [6, 6.07) is 4.22. The Bertz CT molecular complexity index is 1090. The smallest absolute Gasteiger partial charge is 0.293 e. The molecule has 2 aromatic rings. The van der Waals surface area contributed by atoms with Gasteiger partial charge in [0.15, 0.2) is 23.3 Å². The Kier molecular flexibility index (Phi) is 6.09. The molecule has 7 nitrogen and oxygen atoms in total. The van der Waals surface area contributed by atoms with Crippen molar-refractivity contribution in [2.75, 3.05) is 49.1 Å². The lowest BCUT2D eigenvalue weighted by Crippen LogP contribution is -2.49. The molecular formula is C21H19F5N4O3. The summed E-state index contributed by atoms with van der Waals surface area (Å²) in [6.45, 7) is 0.873. The van der Waals surface area contributed by atoms with Gasteiger partial charge in [-0.05, 0) is 25.0 Å². The van der Waals surface area contributed by atoms with Crippen LogP contribution in [0.3, 0.4) is 0 Å². The summed E-state index contributed by atoms with van der Waals surface area (Å²) in [5.41, 5.74) is -0.716. The van der Waals surface area contributed by atoms with E-state index >= 15 is 0 Å². The largest absolute Gasteiger partial charge is 0.366 e. The van der Waals surface area contributed by atoms with Crippen molar-refractivity contribution in [3.05, 3.63) is 63.0 Å². The van der Waals surface area contributed by atoms with Crippen LogP contribution in [0.25, 0.3) is 0 Å². The third-order valence-electron chi connectivity index (χ3n) is 5.94.